The van der Waals surface area contributed by atoms with E-state index >= 15 is 0 Å². The molecule has 0 bridgehead atoms. The highest BCUT2D eigenvalue weighted by atomic mass is 32.2. The largest absolute Gasteiger partial charge is 0.494 e. The van der Waals surface area contributed by atoms with Gasteiger partial charge in [-0.05, 0) is 61.4 Å². The summed E-state index contributed by atoms with van der Waals surface area (Å²) < 4.78 is 34.3. The van der Waals surface area contributed by atoms with Crippen molar-refractivity contribution in [1.82, 2.24) is 14.5 Å². The minimum absolute atomic E-state index is 0.0542. The average molecular weight is 442 g/mol. The molecule has 31 heavy (non-hydrogen) atoms. The zero-order valence-electron chi connectivity index (χ0n) is 17.7. The van der Waals surface area contributed by atoms with Crippen molar-refractivity contribution in [2.24, 2.45) is 0 Å². The highest BCUT2D eigenvalue weighted by molar-refractivity contribution is 7.89. The summed E-state index contributed by atoms with van der Waals surface area (Å²) in [4.78, 5) is 12.4. The molecule has 0 atom stereocenters. The molecule has 0 unspecified atom stereocenters. The molecule has 2 aromatic carbocycles. The molecule has 0 saturated heterocycles. The summed E-state index contributed by atoms with van der Waals surface area (Å²) in [5.41, 5.74) is 2.27. The predicted octanol–water partition coefficient (Wildman–Crippen LogP) is 3.24. The highest BCUT2D eigenvalue weighted by Gasteiger charge is 2.13. The Bertz CT molecular complexity index is 1150. The molecule has 3 aromatic rings. The van der Waals surface area contributed by atoms with Crippen LogP contribution in [-0.4, -0.2) is 31.3 Å². The summed E-state index contributed by atoms with van der Waals surface area (Å²) >= 11 is 0. The average Bonchev–Trinajstić information content (AvgIpc) is 2.76. The van der Waals surface area contributed by atoms with Crippen LogP contribution in [-0.2, 0) is 23.0 Å². The summed E-state index contributed by atoms with van der Waals surface area (Å²) in [6, 6.07) is 17.4. The Morgan fingerprint density at radius 2 is 1.68 bits per heavy atom. The van der Waals surface area contributed by atoms with E-state index < -0.39 is 10.0 Å². The van der Waals surface area contributed by atoms with E-state index in [1.807, 2.05) is 43.3 Å². The minimum Gasteiger partial charge on any atom is -0.494 e. The second kappa shape index (κ2) is 10.4. The van der Waals surface area contributed by atoms with Gasteiger partial charge in [-0.2, -0.15) is 5.10 Å². The maximum Gasteiger partial charge on any atom is 0.266 e. The lowest BCUT2D eigenvalue weighted by Gasteiger charge is -2.10. The molecule has 0 aliphatic carbocycles. The Labute approximate surface area is 182 Å². The second-order valence-electron chi connectivity index (χ2n) is 7.03. The van der Waals surface area contributed by atoms with Crippen molar-refractivity contribution >= 4 is 10.0 Å². The Morgan fingerprint density at radius 1 is 0.968 bits per heavy atom. The van der Waals surface area contributed by atoms with Gasteiger partial charge < -0.3 is 4.74 Å². The van der Waals surface area contributed by atoms with E-state index in [-0.39, 0.29) is 23.5 Å². The summed E-state index contributed by atoms with van der Waals surface area (Å²) in [6.07, 6.45) is 1.91. The molecule has 0 fully saturated rings. The number of aryl methyl sites for hydroxylation is 1. The van der Waals surface area contributed by atoms with Gasteiger partial charge in [0.15, 0.2) is 0 Å². The molecule has 7 nitrogen and oxygen atoms in total. The molecule has 1 N–H and O–H groups in total. The summed E-state index contributed by atoms with van der Waals surface area (Å²) in [5.74, 6) is 0.761. The standard InChI is InChI=1S/C23H27N3O4S/c1-3-5-18-6-12-21(13-7-18)31(28,29)24-16-17-26-23(27)15-14-22(25-26)19-8-10-20(11-9-19)30-4-2/h6-15,24H,3-5,16-17H2,1-2H3. The SMILES string of the molecule is CCCc1ccc(S(=O)(=O)NCCn2nc(-c3ccc(OCC)cc3)ccc2=O)cc1. The third-order valence-corrected chi connectivity index (χ3v) is 6.19. The van der Waals surface area contributed by atoms with E-state index in [0.29, 0.717) is 12.3 Å². The first kappa shape index (κ1) is 22.7. The maximum absolute atomic E-state index is 12.5. The third kappa shape index (κ3) is 6.02. The number of hydrogen-bond acceptors (Lipinski definition) is 5. The zero-order valence-corrected chi connectivity index (χ0v) is 18.6. The van der Waals surface area contributed by atoms with Crippen molar-refractivity contribution < 1.29 is 13.2 Å². The number of nitrogens with zero attached hydrogens (tertiary/aromatic N) is 2. The molecule has 3 rings (SSSR count). The molecule has 0 amide bonds. The van der Waals surface area contributed by atoms with Crippen LogP contribution >= 0.6 is 0 Å². The van der Waals surface area contributed by atoms with E-state index in [1.165, 1.54) is 10.7 Å². The summed E-state index contributed by atoms with van der Waals surface area (Å²) in [5, 5.41) is 4.37. The lowest BCUT2D eigenvalue weighted by molar-refractivity contribution is 0.340. The van der Waals surface area contributed by atoms with E-state index in [0.717, 1.165) is 29.7 Å². The Morgan fingerprint density at radius 3 is 2.32 bits per heavy atom. The normalized spacial score (nSPS) is 11.4. The van der Waals surface area contributed by atoms with Crippen LogP contribution in [0.5, 0.6) is 5.75 Å². The number of rotatable bonds is 10. The molecule has 0 spiro atoms. The van der Waals surface area contributed by atoms with Crippen LogP contribution in [0, 0.1) is 0 Å². The van der Waals surface area contributed by atoms with Gasteiger partial charge in [-0.15, -0.1) is 0 Å². The van der Waals surface area contributed by atoms with Crippen molar-refractivity contribution in [3.8, 4) is 17.0 Å². The van der Waals surface area contributed by atoms with Crippen LogP contribution in [0.3, 0.4) is 0 Å². The van der Waals surface area contributed by atoms with Crippen LogP contribution in [0.1, 0.15) is 25.8 Å². The fourth-order valence-electron chi connectivity index (χ4n) is 3.14. The molecule has 1 heterocycles. The van der Waals surface area contributed by atoms with E-state index in [2.05, 4.69) is 16.7 Å². The quantitative estimate of drug-likeness (QED) is 0.522. The lowest BCUT2D eigenvalue weighted by Crippen LogP contribution is -2.32. The van der Waals surface area contributed by atoms with E-state index in [9.17, 15) is 13.2 Å². The maximum atomic E-state index is 12.5. The van der Waals surface area contributed by atoms with Crippen molar-refractivity contribution in [2.75, 3.05) is 13.2 Å². The number of nitrogens with one attached hydrogen (secondary N) is 1. The molecular weight excluding hydrogens is 414 g/mol. The minimum atomic E-state index is -3.65. The topological polar surface area (TPSA) is 90.3 Å². The molecule has 0 aliphatic rings. The summed E-state index contributed by atoms with van der Waals surface area (Å²) in [7, 11) is -3.65. The van der Waals surface area contributed by atoms with Gasteiger partial charge in [0.25, 0.3) is 5.56 Å². The molecule has 0 saturated carbocycles. The molecule has 8 heteroatoms. The monoisotopic (exact) mass is 441 g/mol. The van der Waals surface area contributed by atoms with Gasteiger partial charge >= 0.3 is 0 Å². The van der Waals surface area contributed by atoms with Crippen LogP contribution in [0.2, 0.25) is 0 Å². The third-order valence-electron chi connectivity index (χ3n) is 4.72. The predicted molar refractivity (Wildman–Crippen MR) is 121 cm³/mol. The van der Waals surface area contributed by atoms with Crippen molar-refractivity contribution in [2.45, 2.75) is 38.1 Å². The fraction of sp³-hybridized carbons (Fsp3) is 0.304. The van der Waals surface area contributed by atoms with Crippen LogP contribution in [0.25, 0.3) is 11.3 Å². The van der Waals surface area contributed by atoms with E-state index in [4.69, 9.17) is 4.74 Å². The molecular formula is C23H27N3O4S. The first-order valence-electron chi connectivity index (χ1n) is 10.3. The second-order valence-corrected chi connectivity index (χ2v) is 8.80. The summed E-state index contributed by atoms with van der Waals surface area (Å²) in [6.45, 7) is 4.75. The fourth-order valence-corrected chi connectivity index (χ4v) is 4.17. The van der Waals surface area contributed by atoms with Gasteiger partial charge in [0.2, 0.25) is 10.0 Å². The first-order valence-corrected chi connectivity index (χ1v) is 11.8. The number of aromatic nitrogens is 2. The molecule has 0 aliphatic heterocycles. The number of hydrogen-bond donors (Lipinski definition) is 1. The van der Waals surface area contributed by atoms with Gasteiger partial charge in [0.1, 0.15) is 5.75 Å². The Balaban J connectivity index is 1.67. The van der Waals surface area contributed by atoms with Crippen molar-refractivity contribution in [3.63, 3.8) is 0 Å². The Hall–Kier alpha value is -2.97. The van der Waals surface area contributed by atoms with Crippen LogP contribution in [0.15, 0.2) is 70.4 Å². The van der Waals surface area contributed by atoms with Crippen LogP contribution < -0.4 is 15.0 Å². The number of benzene rings is 2. The molecule has 1 aromatic heterocycles. The van der Waals surface area contributed by atoms with Gasteiger partial charge in [-0.1, -0.05) is 25.5 Å². The zero-order chi connectivity index (χ0) is 22.3. The lowest BCUT2D eigenvalue weighted by atomic mass is 10.1. The van der Waals surface area contributed by atoms with Crippen molar-refractivity contribution in [3.05, 3.63) is 76.6 Å². The van der Waals surface area contributed by atoms with Gasteiger partial charge in [0, 0.05) is 18.2 Å². The molecule has 0 radical (unpaired) electrons. The molecule has 164 valence electrons. The van der Waals surface area contributed by atoms with Crippen molar-refractivity contribution in [1.29, 1.82) is 0 Å². The first-order chi connectivity index (χ1) is 14.9. The number of ether oxygens (including phenoxy) is 1. The van der Waals surface area contributed by atoms with Crippen LogP contribution in [0.4, 0.5) is 0 Å². The van der Waals surface area contributed by atoms with E-state index in [1.54, 1.807) is 18.2 Å². The number of sulfonamides is 1. The highest BCUT2D eigenvalue weighted by Crippen LogP contribution is 2.20. The van der Waals surface area contributed by atoms with Gasteiger partial charge in [-0.3, -0.25) is 4.79 Å². The smallest absolute Gasteiger partial charge is 0.266 e. The van der Waals surface area contributed by atoms with Gasteiger partial charge in [-0.25, -0.2) is 17.8 Å². The van der Waals surface area contributed by atoms with Gasteiger partial charge in [0.05, 0.1) is 23.7 Å². The Kier molecular flexibility index (Phi) is 7.59.